The van der Waals surface area contributed by atoms with E-state index < -0.39 is 16.0 Å². The van der Waals surface area contributed by atoms with E-state index in [-0.39, 0.29) is 12.5 Å². The van der Waals surface area contributed by atoms with Gasteiger partial charge in [0.05, 0.1) is 36.7 Å². The first-order chi connectivity index (χ1) is 16.2. The van der Waals surface area contributed by atoms with Crippen LogP contribution in [0, 0.1) is 6.92 Å². The number of benzene rings is 3. The minimum absolute atomic E-state index is 0.135. The number of ether oxygens (including phenoxy) is 1. The molecule has 0 spiro atoms. The van der Waals surface area contributed by atoms with E-state index >= 15 is 0 Å². The van der Waals surface area contributed by atoms with Gasteiger partial charge in [0, 0.05) is 17.1 Å². The summed E-state index contributed by atoms with van der Waals surface area (Å²) in [5, 5.41) is 0.626. The molecule has 1 aromatic heterocycles. The minimum atomic E-state index is -3.52. The van der Waals surface area contributed by atoms with E-state index in [1.807, 2.05) is 25.1 Å². The predicted octanol–water partition coefficient (Wildman–Crippen LogP) is 4.39. The van der Waals surface area contributed by atoms with Crippen LogP contribution in [0.15, 0.2) is 79.0 Å². The summed E-state index contributed by atoms with van der Waals surface area (Å²) >= 11 is 0. The van der Waals surface area contributed by atoms with Gasteiger partial charge in [0.15, 0.2) is 0 Å². The van der Waals surface area contributed by atoms with Gasteiger partial charge in [0.25, 0.3) is 5.91 Å². The van der Waals surface area contributed by atoms with Crippen molar-refractivity contribution < 1.29 is 22.7 Å². The van der Waals surface area contributed by atoms with Crippen LogP contribution in [-0.4, -0.2) is 38.2 Å². The third-order valence-electron chi connectivity index (χ3n) is 5.55. The lowest BCUT2D eigenvalue weighted by molar-refractivity contribution is 0.0603. The zero-order chi connectivity index (χ0) is 24.5. The number of nitrogens with zero attached hydrogens (tertiary/aromatic N) is 2. The van der Waals surface area contributed by atoms with Crippen molar-refractivity contribution in [1.82, 2.24) is 4.57 Å². The monoisotopic (exact) mass is 476 g/mol. The highest BCUT2D eigenvalue weighted by molar-refractivity contribution is 7.92. The van der Waals surface area contributed by atoms with E-state index in [9.17, 15) is 18.0 Å². The van der Waals surface area contributed by atoms with Gasteiger partial charge in [-0.05, 0) is 48.4 Å². The summed E-state index contributed by atoms with van der Waals surface area (Å²) in [5.41, 5.74) is 3.58. The standard InChI is InChI=1S/C26H24N2O5S/c1-18-7-6-8-21(15-18)28(34(3,31)32)16-19-11-13-20(14-12-19)25(29)27-17-23(26(30)33-2)22-9-4-5-10-24(22)27/h4-15,17H,16H2,1-3H3. The number of rotatable bonds is 6. The number of hydrogen-bond donors (Lipinski definition) is 0. The number of fused-ring (bicyclic) bond motifs is 1. The largest absolute Gasteiger partial charge is 0.465 e. The molecule has 0 fully saturated rings. The van der Waals surface area contributed by atoms with Crippen LogP contribution in [0.2, 0.25) is 0 Å². The molecule has 0 radical (unpaired) electrons. The van der Waals surface area contributed by atoms with Crippen molar-refractivity contribution in [2.45, 2.75) is 13.5 Å². The van der Waals surface area contributed by atoms with E-state index in [1.165, 1.54) is 28.4 Å². The Hall–Kier alpha value is -3.91. The third kappa shape index (κ3) is 4.58. The number of aryl methyl sites for hydroxylation is 1. The van der Waals surface area contributed by atoms with Gasteiger partial charge in [-0.3, -0.25) is 13.7 Å². The van der Waals surface area contributed by atoms with E-state index in [1.54, 1.807) is 54.6 Å². The fraction of sp³-hybridized carbons (Fsp3) is 0.154. The van der Waals surface area contributed by atoms with Crippen LogP contribution in [0.5, 0.6) is 0 Å². The van der Waals surface area contributed by atoms with Crippen molar-refractivity contribution in [3.05, 3.63) is 101 Å². The zero-order valence-corrected chi connectivity index (χ0v) is 19.9. The number of anilines is 1. The molecule has 0 saturated heterocycles. The van der Waals surface area contributed by atoms with Crippen molar-refractivity contribution in [2.75, 3.05) is 17.7 Å². The van der Waals surface area contributed by atoms with Crippen molar-refractivity contribution >= 4 is 38.5 Å². The second-order valence-electron chi connectivity index (χ2n) is 8.03. The zero-order valence-electron chi connectivity index (χ0n) is 19.1. The molecule has 0 aliphatic heterocycles. The first-order valence-electron chi connectivity index (χ1n) is 10.6. The Bertz CT molecular complexity index is 1490. The molecule has 0 N–H and O–H groups in total. The Balaban J connectivity index is 1.64. The van der Waals surface area contributed by atoms with Crippen LogP contribution in [0.25, 0.3) is 10.9 Å². The van der Waals surface area contributed by atoms with Gasteiger partial charge < -0.3 is 4.74 Å². The Kier molecular flexibility index (Phi) is 6.26. The molecule has 3 aromatic carbocycles. The molecule has 0 aliphatic rings. The fourth-order valence-corrected chi connectivity index (χ4v) is 4.74. The first kappa shape index (κ1) is 23.3. The van der Waals surface area contributed by atoms with Crippen molar-refractivity contribution in [2.24, 2.45) is 0 Å². The topological polar surface area (TPSA) is 85.7 Å². The summed E-state index contributed by atoms with van der Waals surface area (Å²) in [6, 6.07) is 21.2. The van der Waals surface area contributed by atoms with Crippen LogP contribution in [0.1, 0.15) is 31.8 Å². The SMILES string of the molecule is COC(=O)c1cn(C(=O)c2ccc(CN(c3cccc(C)c3)S(C)(=O)=O)cc2)c2ccccc12. The normalized spacial score (nSPS) is 11.4. The molecule has 4 rings (SSSR count). The Morgan fingerprint density at radius 1 is 0.971 bits per heavy atom. The van der Waals surface area contributed by atoms with E-state index in [0.29, 0.717) is 27.7 Å². The Morgan fingerprint density at radius 2 is 1.68 bits per heavy atom. The summed E-state index contributed by atoms with van der Waals surface area (Å²) < 4.78 is 32.5. The van der Waals surface area contributed by atoms with E-state index in [2.05, 4.69) is 0 Å². The molecule has 34 heavy (non-hydrogen) atoms. The Morgan fingerprint density at radius 3 is 2.32 bits per heavy atom. The average molecular weight is 477 g/mol. The second kappa shape index (κ2) is 9.15. The molecule has 0 saturated carbocycles. The fourth-order valence-electron chi connectivity index (χ4n) is 3.86. The predicted molar refractivity (Wildman–Crippen MR) is 132 cm³/mol. The molecular formula is C26H24N2O5S. The molecule has 0 aliphatic carbocycles. The third-order valence-corrected chi connectivity index (χ3v) is 6.69. The summed E-state index contributed by atoms with van der Waals surface area (Å²) in [6.45, 7) is 2.04. The van der Waals surface area contributed by atoms with Gasteiger partial charge in [-0.1, -0.05) is 42.5 Å². The number of methoxy groups -OCH3 is 1. The number of carbonyl (C=O) groups excluding carboxylic acids is 2. The molecule has 1 heterocycles. The van der Waals surface area contributed by atoms with Crippen LogP contribution in [0.4, 0.5) is 5.69 Å². The maximum absolute atomic E-state index is 13.2. The van der Waals surface area contributed by atoms with E-state index in [4.69, 9.17) is 4.74 Å². The van der Waals surface area contributed by atoms with Gasteiger partial charge in [-0.25, -0.2) is 13.2 Å². The molecule has 7 nitrogen and oxygen atoms in total. The number of para-hydroxylation sites is 1. The van der Waals surface area contributed by atoms with Crippen molar-refractivity contribution in [1.29, 1.82) is 0 Å². The summed E-state index contributed by atoms with van der Waals surface area (Å²) in [6.07, 6.45) is 2.65. The molecule has 0 atom stereocenters. The number of hydrogen-bond acceptors (Lipinski definition) is 5. The minimum Gasteiger partial charge on any atom is -0.465 e. The summed E-state index contributed by atoms with van der Waals surface area (Å²) in [4.78, 5) is 25.4. The van der Waals surface area contributed by atoms with Gasteiger partial charge in [0.1, 0.15) is 0 Å². The number of aromatic nitrogens is 1. The molecule has 8 heteroatoms. The van der Waals surface area contributed by atoms with Crippen LogP contribution < -0.4 is 4.31 Å². The van der Waals surface area contributed by atoms with E-state index in [0.717, 1.165) is 11.1 Å². The highest BCUT2D eigenvalue weighted by Gasteiger charge is 2.21. The smallest absolute Gasteiger partial charge is 0.340 e. The molecule has 0 unspecified atom stereocenters. The lowest BCUT2D eigenvalue weighted by Crippen LogP contribution is -2.29. The number of esters is 1. The van der Waals surface area contributed by atoms with Gasteiger partial charge >= 0.3 is 5.97 Å². The lowest BCUT2D eigenvalue weighted by Gasteiger charge is -2.23. The van der Waals surface area contributed by atoms with Gasteiger partial charge in [0.2, 0.25) is 10.0 Å². The summed E-state index contributed by atoms with van der Waals surface area (Å²) in [7, 11) is -2.22. The molecule has 174 valence electrons. The van der Waals surface area contributed by atoms with Crippen LogP contribution in [-0.2, 0) is 21.3 Å². The average Bonchev–Trinajstić information content (AvgIpc) is 3.21. The molecular weight excluding hydrogens is 452 g/mol. The van der Waals surface area contributed by atoms with Crippen LogP contribution in [0.3, 0.4) is 0 Å². The summed E-state index contributed by atoms with van der Waals surface area (Å²) in [5.74, 6) is -0.827. The Labute approximate surface area is 198 Å². The van der Waals surface area contributed by atoms with Crippen LogP contribution >= 0.6 is 0 Å². The second-order valence-corrected chi connectivity index (χ2v) is 9.94. The van der Waals surface area contributed by atoms with Crippen molar-refractivity contribution in [3.8, 4) is 0 Å². The van der Waals surface area contributed by atoms with Gasteiger partial charge in [-0.2, -0.15) is 0 Å². The quantitative estimate of drug-likeness (QED) is 0.385. The maximum Gasteiger partial charge on any atom is 0.340 e. The highest BCUT2D eigenvalue weighted by atomic mass is 32.2. The molecule has 0 amide bonds. The first-order valence-corrected chi connectivity index (χ1v) is 12.4. The maximum atomic E-state index is 13.2. The molecule has 0 bridgehead atoms. The van der Waals surface area contributed by atoms with Gasteiger partial charge in [-0.15, -0.1) is 0 Å². The number of sulfonamides is 1. The van der Waals surface area contributed by atoms with Crippen molar-refractivity contribution in [3.63, 3.8) is 0 Å². The molecule has 4 aromatic rings. The number of carbonyl (C=O) groups is 2. The highest BCUT2D eigenvalue weighted by Crippen LogP contribution is 2.25. The lowest BCUT2D eigenvalue weighted by atomic mass is 10.1.